The molecule has 4 rings (SSSR count). The number of benzene rings is 1. The quantitative estimate of drug-likeness (QED) is 0.418. The van der Waals surface area contributed by atoms with Gasteiger partial charge < -0.3 is 4.98 Å². The fourth-order valence-corrected chi connectivity index (χ4v) is 4.08. The van der Waals surface area contributed by atoms with E-state index in [1.54, 1.807) is 0 Å². The van der Waals surface area contributed by atoms with Crippen molar-refractivity contribution >= 4 is 0 Å². The van der Waals surface area contributed by atoms with Crippen LogP contribution in [-0.4, -0.2) is 9.97 Å². The standard InChI is InChI=1S/C22H20FN2.Ir/c1-21(2)16-8-5-7-15(18-13-14(23)10-12-24-18)19(16)22(3,4)20-17(21)9-6-11-25-20;/h5-6,8-13H,1-4H3;/q-1;. The molecule has 1 aliphatic carbocycles. The molecule has 26 heavy (non-hydrogen) atoms. The molecular weight excluding hydrogens is 503 g/mol. The van der Waals surface area contributed by atoms with E-state index in [4.69, 9.17) is 4.98 Å². The van der Waals surface area contributed by atoms with Crippen molar-refractivity contribution in [1.29, 1.82) is 0 Å². The van der Waals surface area contributed by atoms with Crippen LogP contribution in [0.2, 0.25) is 0 Å². The van der Waals surface area contributed by atoms with Gasteiger partial charge in [0.15, 0.2) is 0 Å². The summed E-state index contributed by atoms with van der Waals surface area (Å²) >= 11 is 0. The van der Waals surface area contributed by atoms with Crippen molar-refractivity contribution in [2.75, 3.05) is 0 Å². The largest absolute Gasteiger partial charge is 0.305 e. The first-order chi connectivity index (χ1) is 11.8. The minimum Gasteiger partial charge on any atom is -0.305 e. The molecule has 2 nitrogen and oxygen atoms in total. The maximum absolute atomic E-state index is 13.8. The van der Waals surface area contributed by atoms with Crippen molar-refractivity contribution in [2.24, 2.45) is 0 Å². The van der Waals surface area contributed by atoms with Gasteiger partial charge in [-0.15, -0.1) is 34.9 Å². The second kappa shape index (κ2) is 6.37. The molecule has 0 N–H and O–H groups in total. The molecule has 3 aromatic rings. The maximum atomic E-state index is 13.8. The molecule has 2 heterocycles. The van der Waals surface area contributed by atoms with Crippen LogP contribution in [0.3, 0.4) is 0 Å². The summed E-state index contributed by atoms with van der Waals surface area (Å²) in [5.41, 5.74) is 5.60. The van der Waals surface area contributed by atoms with E-state index in [0.717, 1.165) is 16.8 Å². The Morgan fingerprint density at radius 2 is 1.69 bits per heavy atom. The molecule has 0 fully saturated rings. The number of pyridine rings is 2. The molecule has 4 heteroatoms. The normalized spacial score (nSPS) is 16.2. The minimum absolute atomic E-state index is 0. The Hall–Kier alpha value is -1.90. The van der Waals surface area contributed by atoms with E-state index < -0.39 is 0 Å². The average molecular weight is 524 g/mol. The second-order valence-corrected chi connectivity index (χ2v) is 7.65. The molecule has 135 valence electrons. The van der Waals surface area contributed by atoms with E-state index in [9.17, 15) is 4.39 Å². The fraction of sp³-hybridized carbons (Fsp3) is 0.273. The van der Waals surface area contributed by atoms with Crippen LogP contribution >= 0.6 is 0 Å². The zero-order valence-corrected chi connectivity index (χ0v) is 17.6. The van der Waals surface area contributed by atoms with E-state index >= 15 is 0 Å². The van der Waals surface area contributed by atoms with Crippen LogP contribution in [0.4, 0.5) is 4.39 Å². The van der Waals surface area contributed by atoms with Gasteiger partial charge in [-0.25, -0.2) is 4.39 Å². The Morgan fingerprint density at radius 1 is 0.923 bits per heavy atom. The summed E-state index contributed by atoms with van der Waals surface area (Å²) in [4.78, 5) is 9.11. The molecule has 1 radical (unpaired) electrons. The molecule has 0 spiro atoms. The summed E-state index contributed by atoms with van der Waals surface area (Å²) < 4.78 is 13.8. The van der Waals surface area contributed by atoms with Gasteiger partial charge in [0.25, 0.3) is 0 Å². The zero-order valence-electron chi connectivity index (χ0n) is 15.2. The topological polar surface area (TPSA) is 25.8 Å². The molecule has 0 saturated carbocycles. The molecule has 0 saturated heterocycles. The van der Waals surface area contributed by atoms with Gasteiger partial charge >= 0.3 is 0 Å². The Morgan fingerprint density at radius 3 is 2.42 bits per heavy atom. The summed E-state index contributed by atoms with van der Waals surface area (Å²) in [7, 11) is 0. The maximum Gasteiger partial charge on any atom is 0.117 e. The van der Waals surface area contributed by atoms with Crippen molar-refractivity contribution in [3.8, 4) is 11.3 Å². The van der Waals surface area contributed by atoms with Crippen molar-refractivity contribution in [3.05, 3.63) is 83.1 Å². The van der Waals surface area contributed by atoms with Crippen LogP contribution in [0.25, 0.3) is 11.3 Å². The third-order valence-corrected chi connectivity index (χ3v) is 5.35. The Balaban J connectivity index is 0.00000196. The molecule has 0 atom stereocenters. The number of nitrogens with zero attached hydrogens (tertiary/aromatic N) is 2. The first kappa shape index (κ1) is 18.9. The number of rotatable bonds is 1. The van der Waals surface area contributed by atoms with Crippen LogP contribution in [0.15, 0.2) is 48.8 Å². The first-order valence-electron chi connectivity index (χ1n) is 8.47. The van der Waals surface area contributed by atoms with Crippen LogP contribution < -0.4 is 0 Å². The summed E-state index contributed by atoms with van der Waals surface area (Å²) in [6.07, 6.45) is 3.35. The molecule has 0 aliphatic heterocycles. The van der Waals surface area contributed by atoms with Gasteiger partial charge in [-0.1, -0.05) is 33.8 Å². The summed E-state index contributed by atoms with van der Waals surface area (Å²) in [5, 5.41) is 0. The van der Waals surface area contributed by atoms with E-state index in [2.05, 4.69) is 50.9 Å². The van der Waals surface area contributed by atoms with Crippen LogP contribution in [0.5, 0.6) is 0 Å². The van der Waals surface area contributed by atoms with Gasteiger partial charge in [0.05, 0.1) is 0 Å². The summed E-state index contributed by atoms with van der Waals surface area (Å²) in [6.45, 7) is 8.77. The average Bonchev–Trinajstić information content (AvgIpc) is 2.60. The molecule has 1 aromatic carbocycles. The third-order valence-electron chi connectivity index (χ3n) is 5.35. The number of aromatic nitrogens is 2. The minimum atomic E-state index is -0.317. The molecule has 0 bridgehead atoms. The van der Waals surface area contributed by atoms with Crippen molar-refractivity contribution < 1.29 is 24.5 Å². The SMILES string of the molecule is CC1(C)c2cccnc2C(C)(C)c2c(-c3cc(F)ccn3)[c-]ccc21.[Ir]. The van der Waals surface area contributed by atoms with E-state index in [0.29, 0.717) is 5.69 Å². The summed E-state index contributed by atoms with van der Waals surface area (Å²) in [6, 6.07) is 14.3. The predicted molar refractivity (Wildman–Crippen MR) is 97.0 cm³/mol. The van der Waals surface area contributed by atoms with Gasteiger partial charge in [-0.2, -0.15) is 0 Å². The Labute approximate surface area is 167 Å². The Bertz CT molecular complexity index is 979. The smallest absolute Gasteiger partial charge is 0.117 e. The number of hydrogen-bond donors (Lipinski definition) is 0. The van der Waals surface area contributed by atoms with E-state index in [-0.39, 0.29) is 36.8 Å². The van der Waals surface area contributed by atoms with Crippen molar-refractivity contribution in [3.63, 3.8) is 0 Å². The molecule has 2 aromatic heterocycles. The van der Waals surface area contributed by atoms with Crippen LogP contribution in [-0.2, 0) is 30.9 Å². The number of halogens is 1. The van der Waals surface area contributed by atoms with Crippen molar-refractivity contribution in [2.45, 2.75) is 38.5 Å². The van der Waals surface area contributed by atoms with Gasteiger partial charge in [-0.05, 0) is 40.3 Å². The van der Waals surface area contributed by atoms with Gasteiger partial charge in [0, 0.05) is 38.2 Å². The molecule has 0 unspecified atom stereocenters. The van der Waals surface area contributed by atoms with Gasteiger partial charge in [0.1, 0.15) is 5.82 Å². The molecule has 0 amide bonds. The third kappa shape index (κ3) is 2.64. The summed E-state index contributed by atoms with van der Waals surface area (Å²) in [5.74, 6) is -0.289. The molecule has 1 aliphatic rings. The van der Waals surface area contributed by atoms with Crippen LogP contribution in [0.1, 0.15) is 50.1 Å². The monoisotopic (exact) mass is 524 g/mol. The second-order valence-electron chi connectivity index (χ2n) is 7.65. The fourth-order valence-electron chi connectivity index (χ4n) is 4.08. The van der Waals surface area contributed by atoms with Crippen molar-refractivity contribution in [1.82, 2.24) is 9.97 Å². The first-order valence-corrected chi connectivity index (χ1v) is 8.47. The van der Waals surface area contributed by atoms with Gasteiger partial charge in [0.2, 0.25) is 0 Å². The van der Waals surface area contributed by atoms with E-state index in [1.165, 1.54) is 29.5 Å². The number of fused-ring (bicyclic) bond motifs is 2. The van der Waals surface area contributed by atoms with Gasteiger partial charge in [-0.3, -0.25) is 4.98 Å². The van der Waals surface area contributed by atoms with E-state index in [1.807, 2.05) is 18.3 Å². The Kier molecular flexibility index (Phi) is 4.62. The number of hydrogen-bond acceptors (Lipinski definition) is 2. The zero-order chi connectivity index (χ0) is 17.8. The molecular formula is C22H20FIrN2-. The van der Waals surface area contributed by atoms with Crippen LogP contribution in [0, 0.1) is 11.9 Å². The predicted octanol–water partition coefficient (Wildman–Crippen LogP) is 5.05.